The molecule has 0 aromatic carbocycles. The van der Waals surface area contributed by atoms with Crippen LogP contribution in [0.1, 0.15) is 20.8 Å². The predicted molar refractivity (Wildman–Crippen MR) is 45.4 cm³/mol. The second-order valence-corrected chi connectivity index (χ2v) is 7.18. The number of aliphatic hydroxyl groups is 1. The summed E-state index contributed by atoms with van der Waals surface area (Å²) in [6.07, 6.45) is -0.618. The summed E-state index contributed by atoms with van der Waals surface area (Å²) in [6.45, 7) is 5.43. The molecule has 1 N–H and O–H groups in total. The summed E-state index contributed by atoms with van der Waals surface area (Å²) in [4.78, 5) is 0. The van der Waals surface area contributed by atoms with Crippen molar-refractivity contribution in [1.29, 1.82) is 0 Å². The maximum absolute atomic E-state index is 11.5. The average Bonchev–Trinajstić information content (AvgIpc) is 1.96. The van der Waals surface area contributed by atoms with Crippen molar-refractivity contribution in [3.8, 4) is 0 Å². The summed E-state index contributed by atoms with van der Waals surface area (Å²) >= 11 is 0. The summed E-state index contributed by atoms with van der Waals surface area (Å²) in [6, 6.07) is 0. The van der Waals surface area contributed by atoms with E-state index in [1.807, 2.05) is 6.92 Å². The molecule has 0 unspecified atom stereocenters. The van der Waals surface area contributed by atoms with Gasteiger partial charge in [0, 0.05) is 5.92 Å². The van der Waals surface area contributed by atoms with Crippen LogP contribution >= 0.6 is 0 Å². The molecule has 4 atom stereocenters. The first-order valence-electron chi connectivity index (χ1n) is 4.23. The molecule has 0 spiro atoms. The van der Waals surface area contributed by atoms with Crippen LogP contribution in [0.25, 0.3) is 0 Å². The van der Waals surface area contributed by atoms with Crippen molar-refractivity contribution in [1.82, 2.24) is 0 Å². The maximum Gasteiger partial charge on any atom is 0.161 e. The fourth-order valence-electron chi connectivity index (χ4n) is 2.75. The van der Waals surface area contributed by atoms with Crippen molar-refractivity contribution >= 4 is 9.84 Å². The number of hydrogen-bond donors (Lipinski definition) is 1. The van der Waals surface area contributed by atoms with Gasteiger partial charge >= 0.3 is 0 Å². The highest BCUT2D eigenvalue weighted by atomic mass is 32.2. The molecule has 2 rings (SSSR count). The molecule has 0 bridgehead atoms. The molecule has 3 nitrogen and oxygen atoms in total. The zero-order valence-electron chi connectivity index (χ0n) is 7.48. The highest BCUT2D eigenvalue weighted by Crippen LogP contribution is 2.59. The summed E-state index contributed by atoms with van der Waals surface area (Å²) in [5, 5.41) is 8.94. The van der Waals surface area contributed by atoms with Gasteiger partial charge in [0.1, 0.15) is 0 Å². The van der Waals surface area contributed by atoms with E-state index in [9.17, 15) is 13.5 Å². The number of aliphatic hydroxyl groups excluding tert-OH is 1. The fraction of sp³-hybridized carbons (Fsp3) is 1.00. The molecule has 12 heavy (non-hydrogen) atoms. The van der Waals surface area contributed by atoms with E-state index in [1.54, 1.807) is 13.8 Å². The normalized spacial score (nSPS) is 53.3. The van der Waals surface area contributed by atoms with Crippen molar-refractivity contribution in [2.45, 2.75) is 36.9 Å². The average molecular weight is 190 g/mol. The van der Waals surface area contributed by atoms with Gasteiger partial charge in [-0.25, -0.2) is 8.42 Å². The molecule has 4 heteroatoms. The van der Waals surface area contributed by atoms with Crippen molar-refractivity contribution in [3.05, 3.63) is 0 Å². The standard InChI is InChI=1S/C8H14O3S/c1-4-5-7(6(4)9)12(10,11)8(5,2)3/h4-7,9H,1-3H3/t4-,5+,6-,7+/m1/s1. The number of hydrogen-bond acceptors (Lipinski definition) is 3. The lowest BCUT2D eigenvalue weighted by Gasteiger charge is -2.63. The summed E-state index contributed by atoms with van der Waals surface area (Å²) in [5.41, 5.74) is 0. The van der Waals surface area contributed by atoms with Crippen LogP contribution in [-0.4, -0.2) is 29.6 Å². The molecule has 70 valence electrons. The lowest BCUT2D eigenvalue weighted by Crippen LogP contribution is -2.78. The molecule has 2 fully saturated rings. The Morgan fingerprint density at radius 2 is 1.83 bits per heavy atom. The van der Waals surface area contributed by atoms with Crippen molar-refractivity contribution < 1.29 is 13.5 Å². The fourth-order valence-corrected chi connectivity index (χ4v) is 5.56. The molecule has 0 radical (unpaired) electrons. The van der Waals surface area contributed by atoms with Crippen LogP contribution in [0.15, 0.2) is 0 Å². The van der Waals surface area contributed by atoms with Crippen LogP contribution in [-0.2, 0) is 9.84 Å². The van der Waals surface area contributed by atoms with Gasteiger partial charge in [0.2, 0.25) is 0 Å². The minimum atomic E-state index is -3.03. The molecule has 1 saturated heterocycles. The molecule has 1 heterocycles. The second-order valence-electron chi connectivity index (χ2n) is 4.49. The monoisotopic (exact) mass is 190 g/mol. The lowest BCUT2D eigenvalue weighted by atomic mass is 9.64. The molecule has 1 aliphatic carbocycles. The molecule has 0 amide bonds. The van der Waals surface area contributed by atoms with Crippen LogP contribution in [0, 0.1) is 11.8 Å². The van der Waals surface area contributed by atoms with Gasteiger partial charge in [0.15, 0.2) is 9.84 Å². The molecule has 0 aromatic heterocycles. The molecular formula is C8H14O3S. The van der Waals surface area contributed by atoms with Gasteiger partial charge in [-0.05, 0) is 19.8 Å². The van der Waals surface area contributed by atoms with Crippen LogP contribution < -0.4 is 0 Å². The van der Waals surface area contributed by atoms with Gasteiger partial charge in [-0.1, -0.05) is 6.92 Å². The van der Waals surface area contributed by atoms with Crippen LogP contribution in [0.2, 0.25) is 0 Å². The highest BCUT2D eigenvalue weighted by Gasteiger charge is 2.73. The van der Waals surface area contributed by atoms with E-state index < -0.39 is 25.9 Å². The number of fused-ring (bicyclic) bond motifs is 1. The topological polar surface area (TPSA) is 54.4 Å². The van der Waals surface area contributed by atoms with E-state index >= 15 is 0 Å². The second kappa shape index (κ2) is 1.87. The van der Waals surface area contributed by atoms with Crippen molar-refractivity contribution in [2.75, 3.05) is 0 Å². The van der Waals surface area contributed by atoms with E-state index in [-0.39, 0.29) is 11.8 Å². The van der Waals surface area contributed by atoms with Crippen LogP contribution in [0.4, 0.5) is 0 Å². The molecular weight excluding hydrogens is 176 g/mol. The third-order valence-electron chi connectivity index (χ3n) is 3.69. The smallest absolute Gasteiger partial charge is 0.161 e. The predicted octanol–water partition coefficient (Wildman–Crippen LogP) is 0.189. The summed E-state index contributed by atoms with van der Waals surface area (Å²) in [5.74, 6) is 0.325. The summed E-state index contributed by atoms with van der Waals surface area (Å²) in [7, 11) is -3.03. The number of rotatable bonds is 0. The summed E-state index contributed by atoms with van der Waals surface area (Å²) < 4.78 is 22.5. The Morgan fingerprint density at radius 1 is 1.33 bits per heavy atom. The Kier molecular flexibility index (Phi) is 1.33. The van der Waals surface area contributed by atoms with E-state index in [4.69, 9.17) is 0 Å². The van der Waals surface area contributed by atoms with Crippen molar-refractivity contribution in [2.24, 2.45) is 11.8 Å². The molecule has 2 aliphatic rings. The first kappa shape index (κ1) is 8.51. The Balaban J connectivity index is 2.38. The zero-order chi connectivity index (χ0) is 9.31. The largest absolute Gasteiger partial charge is 0.391 e. The first-order valence-corrected chi connectivity index (χ1v) is 5.78. The minimum Gasteiger partial charge on any atom is -0.391 e. The van der Waals surface area contributed by atoms with Crippen LogP contribution in [0.3, 0.4) is 0 Å². The molecule has 1 aliphatic heterocycles. The van der Waals surface area contributed by atoms with E-state index in [0.717, 1.165) is 0 Å². The lowest BCUT2D eigenvalue weighted by molar-refractivity contribution is -0.0531. The van der Waals surface area contributed by atoms with Crippen molar-refractivity contribution in [3.63, 3.8) is 0 Å². The quantitative estimate of drug-likeness (QED) is 0.593. The SMILES string of the molecule is C[C@H]1[C@@H](O)[C@@H]2[C@H]1C(C)(C)S2(=O)=O. The molecule has 1 saturated carbocycles. The van der Waals surface area contributed by atoms with E-state index in [2.05, 4.69) is 0 Å². The minimum absolute atomic E-state index is 0.147. The van der Waals surface area contributed by atoms with Gasteiger partial charge in [0.05, 0.1) is 16.1 Å². The van der Waals surface area contributed by atoms with Gasteiger partial charge in [-0.15, -0.1) is 0 Å². The first-order chi connectivity index (χ1) is 5.32. The van der Waals surface area contributed by atoms with Crippen LogP contribution in [0.5, 0.6) is 0 Å². The third-order valence-corrected chi connectivity index (χ3v) is 6.72. The van der Waals surface area contributed by atoms with Gasteiger partial charge < -0.3 is 5.11 Å². The van der Waals surface area contributed by atoms with Gasteiger partial charge in [-0.3, -0.25) is 0 Å². The Hall–Kier alpha value is -0.0900. The number of sulfone groups is 1. The van der Waals surface area contributed by atoms with E-state index in [0.29, 0.717) is 0 Å². The molecule has 0 aromatic rings. The van der Waals surface area contributed by atoms with Gasteiger partial charge in [0.25, 0.3) is 0 Å². The zero-order valence-corrected chi connectivity index (χ0v) is 8.30. The van der Waals surface area contributed by atoms with E-state index in [1.165, 1.54) is 0 Å². The highest BCUT2D eigenvalue weighted by molar-refractivity contribution is 7.95. The Labute approximate surface area is 72.7 Å². The maximum atomic E-state index is 11.5. The van der Waals surface area contributed by atoms with Gasteiger partial charge in [-0.2, -0.15) is 0 Å². The Bertz CT molecular complexity index is 317. The Morgan fingerprint density at radius 3 is 2.25 bits per heavy atom. The third kappa shape index (κ3) is 0.577.